The summed E-state index contributed by atoms with van der Waals surface area (Å²) in [5, 5.41) is 2.99. The van der Waals surface area contributed by atoms with Crippen LogP contribution in [-0.2, 0) is 16.0 Å². The number of morpholine rings is 1. The molecule has 3 aliphatic rings. The maximum absolute atomic E-state index is 13.4. The summed E-state index contributed by atoms with van der Waals surface area (Å²) < 4.78 is 5.94. The topological polar surface area (TPSA) is 75.7 Å². The molecule has 1 heterocycles. The van der Waals surface area contributed by atoms with E-state index in [0.29, 0.717) is 50.1 Å². The minimum absolute atomic E-state index is 0.00804. The van der Waals surface area contributed by atoms with Gasteiger partial charge in [-0.15, -0.1) is 0 Å². The van der Waals surface area contributed by atoms with Gasteiger partial charge in [-0.05, 0) is 43.7 Å². The molecular formula is C22H28N2O4. The van der Waals surface area contributed by atoms with E-state index in [1.807, 2.05) is 24.0 Å². The average molecular weight is 384 g/mol. The molecule has 1 saturated carbocycles. The number of nitrogens with one attached hydrogen (secondary N) is 1. The lowest BCUT2D eigenvalue weighted by atomic mass is 9.81. The molecule has 3 atom stereocenters. The molecule has 28 heavy (non-hydrogen) atoms. The third kappa shape index (κ3) is 3.46. The number of ketones is 1. The van der Waals surface area contributed by atoms with Gasteiger partial charge in [0.1, 0.15) is 0 Å². The number of amides is 2. The molecule has 1 aliphatic heterocycles. The minimum Gasteiger partial charge on any atom is -0.374 e. The molecule has 2 fully saturated rings. The number of rotatable bonds is 4. The first kappa shape index (κ1) is 19.1. The van der Waals surface area contributed by atoms with Crippen molar-refractivity contribution in [2.75, 3.05) is 19.7 Å². The van der Waals surface area contributed by atoms with E-state index in [1.54, 1.807) is 6.07 Å². The quantitative estimate of drug-likeness (QED) is 0.865. The van der Waals surface area contributed by atoms with E-state index < -0.39 is 0 Å². The van der Waals surface area contributed by atoms with Crippen LogP contribution in [0.4, 0.5) is 0 Å². The summed E-state index contributed by atoms with van der Waals surface area (Å²) in [4.78, 5) is 39.9. The van der Waals surface area contributed by atoms with Crippen molar-refractivity contribution in [3.8, 4) is 0 Å². The summed E-state index contributed by atoms with van der Waals surface area (Å²) in [6.07, 6.45) is 4.25. The number of carbonyl (C=O) groups excluding carboxylic acids is 3. The van der Waals surface area contributed by atoms with Crippen molar-refractivity contribution >= 4 is 17.6 Å². The molecule has 1 N–H and O–H groups in total. The van der Waals surface area contributed by atoms with Crippen LogP contribution in [0.1, 0.15) is 65.3 Å². The molecule has 4 rings (SSSR count). The molecule has 2 aliphatic carbocycles. The normalized spacial score (nSPS) is 26.5. The molecule has 6 heteroatoms. The van der Waals surface area contributed by atoms with Crippen molar-refractivity contribution < 1.29 is 19.1 Å². The Kier molecular flexibility index (Phi) is 5.49. The second kappa shape index (κ2) is 8.03. The Morgan fingerprint density at radius 1 is 1.25 bits per heavy atom. The van der Waals surface area contributed by atoms with Crippen LogP contribution in [0.5, 0.6) is 0 Å². The molecule has 0 bridgehead atoms. The summed E-state index contributed by atoms with van der Waals surface area (Å²) in [5.74, 6) is 0.103. The zero-order valence-corrected chi connectivity index (χ0v) is 16.4. The van der Waals surface area contributed by atoms with Gasteiger partial charge in [-0.1, -0.05) is 19.1 Å². The monoisotopic (exact) mass is 384 g/mol. The van der Waals surface area contributed by atoms with E-state index in [1.165, 1.54) is 0 Å². The maximum Gasteiger partial charge on any atom is 0.254 e. The largest absolute Gasteiger partial charge is 0.374 e. The fraction of sp³-hybridized carbons (Fsp3) is 0.591. The smallest absolute Gasteiger partial charge is 0.254 e. The van der Waals surface area contributed by atoms with E-state index in [-0.39, 0.29) is 35.7 Å². The van der Waals surface area contributed by atoms with E-state index in [2.05, 4.69) is 5.32 Å². The number of fused-ring (bicyclic) bond motifs is 2. The summed E-state index contributed by atoms with van der Waals surface area (Å²) in [6.45, 7) is 3.77. The predicted molar refractivity (Wildman–Crippen MR) is 104 cm³/mol. The zero-order valence-electron chi connectivity index (χ0n) is 16.4. The highest BCUT2D eigenvalue weighted by molar-refractivity contribution is 6.05. The predicted octanol–water partition coefficient (Wildman–Crippen LogP) is 2.35. The van der Waals surface area contributed by atoms with Gasteiger partial charge in [0, 0.05) is 36.6 Å². The number of nitrogens with zero attached hydrogens (tertiary/aromatic N) is 1. The van der Waals surface area contributed by atoms with Gasteiger partial charge in [-0.25, -0.2) is 0 Å². The lowest BCUT2D eigenvalue weighted by Gasteiger charge is -2.45. The van der Waals surface area contributed by atoms with Gasteiger partial charge < -0.3 is 15.0 Å². The Morgan fingerprint density at radius 2 is 2.11 bits per heavy atom. The van der Waals surface area contributed by atoms with Crippen molar-refractivity contribution in [2.24, 2.45) is 5.92 Å². The lowest BCUT2D eigenvalue weighted by molar-refractivity contribution is -0.131. The van der Waals surface area contributed by atoms with E-state index in [4.69, 9.17) is 4.74 Å². The molecule has 150 valence electrons. The molecule has 0 spiro atoms. The first-order valence-corrected chi connectivity index (χ1v) is 10.5. The molecular weight excluding hydrogens is 356 g/mol. The first-order valence-electron chi connectivity index (χ1n) is 10.5. The Bertz CT molecular complexity index is 791. The molecule has 0 radical (unpaired) electrons. The van der Waals surface area contributed by atoms with Crippen LogP contribution in [0.2, 0.25) is 0 Å². The van der Waals surface area contributed by atoms with Crippen molar-refractivity contribution in [3.05, 3.63) is 34.9 Å². The van der Waals surface area contributed by atoms with Crippen LogP contribution >= 0.6 is 0 Å². The third-order valence-electron chi connectivity index (χ3n) is 6.31. The number of benzene rings is 1. The van der Waals surface area contributed by atoms with Gasteiger partial charge >= 0.3 is 0 Å². The van der Waals surface area contributed by atoms with Crippen LogP contribution in [-0.4, -0.2) is 54.3 Å². The lowest BCUT2D eigenvalue weighted by Crippen LogP contribution is -2.57. The second-order valence-corrected chi connectivity index (χ2v) is 8.03. The van der Waals surface area contributed by atoms with E-state index in [9.17, 15) is 14.4 Å². The SMILES string of the molecule is CCCNC(=O)[C@H]1CC[C@H]2OCCN(C(=O)c3cccc4c3CCC4=O)[C@@H]2C1. The zero-order chi connectivity index (χ0) is 19.7. The molecule has 1 aromatic carbocycles. The van der Waals surface area contributed by atoms with Crippen molar-refractivity contribution in [1.29, 1.82) is 0 Å². The maximum atomic E-state index is 13.4. The Labute approximate surface area is 165 Å². The Hall–Kier alpha value is -2.21. The summed E-state index contributed by atoms with van der Waals surface area (Å²) in [6, 6.07) is 5.37. The molecule has 1 aromatic rings. The van der Waals surface area contributed by atoms with Gasteiger partial charge in [0.05, 0.1) is 18.8 Å². The fourth-order valence-electron chi connectivity index (χ4n) is 4.84. The van der Waals surface area contributed by atoms with Gasteiger partial charge in [0.25, 0.3) is 5.91 Å². The standard InChI is InChI=1S/C22H28N2O4/c1-2-10-23-21(26)14-6-9-20-18(13-14)24(11-12-28-20)22(27)17-5-3-4-16-15(17)7-8-19(16)25/h3-5,14,18,20H,2,6-13H2,1H3,(H,23,26)/t14-,18+,20+/m0/s1. The second-order valence-electron chi connectivity index (χ2n) is 8.03. The van der Waals surface area contributed by atoms with Crippen molar-refractivity contribution in [1.82, 2.24) is 10.2 Å². The summed E-state index contributed by atoms with van der Waals surface area (Å²) in [7, 11) is 0. The molecule has 1 saturated heterocycles. The average Bonchev–Trinajstić information content (AvgIpc) is 3.11. The summed E-state index contributed by atoms with van der Waals surface area (Å²) >= 11 is 0. The van der Waals surface area contributed by atoms with E-state index in [0.717, 1.165) is 24.8 Å². The van der Waals surface area contributed by atoms with Gasteiger partial charge in [0.2, 0.25) is 5.91 Å². The highest BCUT2D eigenvalue weighted by Gasteiger charge is 2.42. The minimum atomic E-state index is -0.0830. The number of carbonyl (C=O) groups is 3. The number of Topliss-reactive ketones (excluding diaryl/α,β-unsaturated/α-hetero) is 1. The van der Waals surface area contributed by atoms with Gasteiger partial charge in [-0.3, -0.25) is 14.4 Å². The van der Waals surface area contributed by atoms with E-state index >= 15 is 0 Å². The van der Waals surface area contributed by atoms with Crippen molar-refractivity contribution in [2.45, 2.75) is 57.6 Å². The van der Waals surface area contributed by atoms with Crippen LogP contribution in [0.25, 0.3) is 0 Å². The highest BCUT2D eigenvalue weighted by atomic mass is 16.5. The van der Waals surface area contributed by atoms with Crippen LogP contribution < -0.4 is 5.32 Å². The van der Waals surface area contributed by atoms with Crippen LogP contribution in [0.15, 0.2) is 18.2 Å². The first-order chi connectivity index (χ1) is 13.6. The number of hydrogen-bond acceptors (Lipinski definition) is 4. The fourth-order valence-corrected chi connectivity index (χ4v) is 4.84. The summed E-state index contributed by atoms with van der Waals surface area (Å²) in [5.41, 5.74) is 2.21. The molecule has 2 amide bonds. The van der Waals surface area contributed by atoms with Crippen molar-refractivity contribution in [3.63, 3.8) is 0 Å². The third-order valence-corrected chi connectivity index (χ3v) is 6.31. The Morgan fingerprint density at radius 3 is 2.93 bits per heavy atom. The Balaban J connectivity index is 1.55. The highest BCUT2D eigenvalue weighted by Crippen LogP contribution is 2.34. The molecule has 0 aromatic heterocycles. The van der Waals surface area contributed by atoms with Gasteiger partial charge in [-0.2, -0.15) is 0 Å². The van der Waals surface area contributed by atoms with Crippen LogP contribution in [0, 0.1) is 5.92 Å². The molecule has 6 nitrogen and oxygen atoms in total. The number of hydrogen-bond donors (Lipinski definition) is 1. The van der Waals surface area contributed by atoms with Crippen LogP contribution in [0.3, 0.4) is 0 Å². The number of ether oxygens (including phenoxy) is 1. The molecule has 0 unspecified atom stereocenters. The van der Waals surface area contributed by atoms with Gasteiger partial charge in [0.15, 0.2) is 5.78 Å².